The highest BCUT2D eigenvalue weighted by Crippen LogP contribution is 2.53. The Labute approximate surface area is 117 Å². The number of hydrogen-bond donors (Lipinski definition) is 0. The molecule has 0 radical (unpaired) electrons. The first-order valence-corrected chi connectivity index (χ1v) is 8.51. The molecule has 19 heavy (non-hydrogen) atoms. The minimum atomic E-state index is -0.142. The lowest BCUT2D eigenvalue weighted by Crippen LogP contribution is -2.21. The molecule has 0 amide bonds. The molecule has 3 rings (SSSR count). The van der Waals surface area contributed by atoms with E-state index in [2.05, 4.69) is 69.3 Å². The second-order valence-electron chi connectivity index (χ2n) is 6.33. The first-order valence-electron chi connectivity index (χ1n) is 6.98. The van der Waals surface area contributed by atoms with E-state index >= 15 is 0 Å². The first-order chi connectivity index (χ1) is 9.05. The summed E-state index contributed by atoms with van der Waals surface area (Å²) in [5.41, 5.74) is 4.61. The minimum absolute atomic E-state index is 0.142. The zero-order chi connectivity index (χ0) is 13.5. The van der Waals surface area contributed by atoms with Gasteiger partial charge in [-0.2, -0.15) is 0 Å². The van der Waals surface area contributed by atoms with Gasteiger partial charge in [-0.1, -0.05) is 77.2 Å². The maximum atomic E-state index is 2.39. The molecule has 1 aliphatic rings. The molecule has 1 unspecified atom stereocenters. The van der Waals surface area contributed by atoms with E-state index in [4.69, 9.17) is 0 Å². The van der Waals surface area contributed by atoms with Crippen LogP contribution in [0.4, 0.5) is 0 Å². The summed E-state index contributed by atoms with van der Waals surface area (Å²) in [6.07, 6.45) is 2.33. The molecule has 0 bridgehead atoms. The van der Waals surface area contributed by atoms with Crippen LogP contribution in [0.2, 0.25) is 0 Å². The van der Waals surface area contributed by atoms with Crippen molar-refractivity contribution in [1.29, 1.82) is 0 Å². The number of benzene rings is 2. The molecule has 1 aliphatic heterocycles. The van der Waals surface area contributed by atoms with Crippen LogP contribution in [0.25, 0.3) is 0 Å². The molecule has 0 saturated heterocycles. The Morgan fingerprint density at radius 1 is 0.789 bits per heavy atom. The quantitative estimate of drug-likeness (QED) is 0.608. The fraction of sp³-hybridized carbons (Fsp3) is 0.333. The number of hydrogen-bond acceptors (Lipinski definition) is 0. The van der Waals surface area contributed by atoms with Crippen molar-refractivity contribution in [3.05, 3.63) is 65.2 Å². The SMILES string of the molecule is CC(C)(C)P1Cc2ccccc2Cc2ccccc21. The lowest BCUT2D eigenvalue weighted by Gasteiger charge is -2.32. The molecule has 1 heteroatoms. The Bertz CT molecular complexity index is 593. The second kappa shape index (κ2) is 4.76. The van der Waals surface area contributed by atoms with E-state index in [-0.39, 0.29) is 7.92 Å². The van der Waals surface area contributed by atoms with E-state index in [0.29, 0.717) is 5.16 Å². The zero-order valence-corrected chi connectivity index (χ0v) is 12.9. The summed E-state index contributed by atoms with van der Waals surface area (Å²) in [5.74, 6) is 0. The van der Waals surface area contributed by atoms with Crippen molar-refractivity contribution in [3.8, 4) is 0 Å². The molecule has 0 nitrogen and oxygen atoms in total. The zero-order valence-electron chi connectivity index (χ0n) is 12.0. The highest BCUT2D eigenvalue weighted by Gasteiger charge is 2.30. The van der Waals surface area contributed by atoms with E-state index in [1.807, 2.05) is 0 Å². The van der Waals surface area contributed by atoms with Crippen molar-refractivity contribution >= 4 is 13.2 Å². The molecule has 0 aliphatic carbocycles. The van der Waals surface area contributed by atoms with Crippen molar-refractivity contribution in [2.24, 2.45) is 0 Å². The van der Waals surface area contributed by atoms with Crippen LogP contribution in [0.5, 0.6) is 0 Å². The van der Waals surface area contributed by atoms with E-state index in [0.717, 1.165) is 6.42 Å². The standard InChI is InChI=1S/C18H21P/c1-18(2,3)19-13-16-10-5-4-8-14(16)12-15-9-6-7-11-17(15)19/h4-11H,12-13H2,1-3H3. The van der Waals surface area contributed by atoms with Gasteiger partial charge in [-0.3, -0.25) is 0 Å². The third kappa shape index (κ3) is 2.47. The lowest BCUT2D eigenvalue weighted by atomic mass is 10.0. The van der Waals surface area contributed by atoms with E-state index in [1.165, 1.54) is 17.3 Å². The van der Waals surface area contributed by atoms with Gasteiger partial charge in [-0.05, 0) is 39.7 Å². The van der Waals surface area contributed by atoms with Crippen LogP contribution in [0.1, 0.15) is 37.5 Å². The van der Waals surface area contributed by atoms with Gasteiger partial charge >= 0.3 is 0 Å². The molecule has 1 heterocycles. The van der Waals surface area contributed by atoms with Gasteiger partial charge < -0.3 is 0 Å². The minimum Gasteiger partial charge on any atom is -0.0650 e. The van der Waals surface area contributed by atoms with Crippen molar-refractivity contribution in [1.82, 2.24) is 0 Å². The van der Waals surface area contributed by atoms with Crippen molar-refractivity contribution in [2.75, 3.05) is 0 Å². The molecule has 0 saturated carbocycles. The van der Waals surface area contributed by atoms with Gasteiger partial charge in [0.05, 0.1) is 0 Å². The fourth-order valence-corrected chi connectivity index (χ4v) is 5.65. The second-order valence-corrected chi connectivity index (χ2v) is 9.33. The summed E-state index contributed by atoms with van der Waals surface area (Å²) in [7, 11) is -0.142. The van der Waals surface area contributed by atoms with E-state index in [9.17, 15) is 0 Å². The van der Waals surface area contributed by atoms with Crippen LogP contribution in [-0.2, 0) is 12.6 Å². The van der Waals surface area contributed by atoms with Gasteiger partial charge in [-0.15, -0.1) is 0 Å². The summed E-state index contributed by atoms with van der Waals surface area (Å²) in [6, 6.07) is 18.0. The Morgan fingerprint density at radius 3 is 2.05 bits per heavy atom. The predicted octanol–water partition coefficient (Wildman–Crippen LogP) is 4.70. The molecular weight excluding hydrogens is 247 g/mol. The molecule has 0 aromatic heterocycles. The Balaban J connectivity index is 2.17. The summed E-state index contributed by atoms with van der Waals surface area (Å²) in [5, 5.41) is 1.98. The lowest BCUT2D eigenvalue weighted by molar-refractivity contribution is 0.785. The summed E-state index contributed by atoms with van der Waals surface area (Å²) in [4.78, 5) is 0. The molecule has 0 fully saturated rings. The highest BCUT2D eigenvalue weighted by atomic mass is 31.1. The average Bonchev–Trinajstić information content (AvgIpc) is 2.54. The maximum Gasteiger partial charge on any atom is -0.00166 e. The Hall–Kier alpha value is -1.13. The smallest absolute Gasteiger partial charge is 0.00166 e. The average molecular weight is 268 g/mol. The summed E-state index contributed by atoms with van der Waals surface area (Å²) < 4.78 is 0. The monoisotopic (exact) mass is 268 g/mol. The van der Waals surface area contributed by atoms with Crippen LogP contribution in [0, 0.1) is 0 Å². The van der Waals surface area contributed by atoms with Gasteiger partial charge in [0, 0.05) is 0 Å². The van der Waals surface area contributed by atoms with Crippen molar-refractivity contribution < 1.29 is 0 Å². The summed E-state index contributed by atoms with van der Waals surface area (Å²) in [6.45, 7) is 7.18. The van der Waals surface area contributed by atoms with E-state index < -0.39 is 0 Å². The first kappa shape index (κ1) is 12.9. The third-order valence-corrected chi connectivity index (χ3v) is 7.21. The topological polar surface area (TPSA) is 0 Å². The van der Waals surface area contributed by atoms with Crippen LogP contribution < -0.4 is 5.30 Å². The molecule has 2 aromatic rings. The highest BCUT2D eigenvalue weighted by molar-refractivity contribution is 7.66. The fourth-order valence-electron chi connectivity index (χ4n) is 2.87. The number of rotatable bonds is 0. The third-order valence-electron chi connectivity index (χ3n) is 3.92. The van der Waals surface area contributed by atoms with Crippen LogP contribution in [0.3, 0.4) is 0 Å². The van der Waals surface area contributed by atoms with Crippen LogP contribution >= 0.6 is 7.92 Å². The van der Waals surface area contributed by atoms with Gasteiger partial charge in [0.1, 0.15) is 0 Å². The largest absolute Gasteiger partial charge is 0.0650 e. The molecule has 98 valence electrons. The van der Waals surface area contributed by atoms with E-state index in [1.54, 1.807) is 10.9 Å². The normalized spacial score (nSPS) is 18.4. The molecule has 2 aromatic carbocycles. The van der Waals surface area contributed by atoms with Crippen molar-refractivity contribution in [2.45, 2.75) is 38.5 Å². The van der Waals surface area contributed by atoms with Crippen molar-refractivity contribution in [3.63, 3.8) is 0 Å². The Kier molecular flexibility index (Phi) is 3.23. The van der Waals surface area contributed by atoms with Gasteiger partial charge in [0.15, 0.2) is 0 Å². The van der Waals surface area contributed by atoms with Gasteiger partial charge in [0.25, 0.3) is 0 Å². The molecule has 0 N–H and O–H groups in total. The molecular formula is C18H21P. The summed E-state index contributed by atoms with van der Waals surface area (Å²) >= 11 is 0. The number of fused-ring (bicyclic) bond motifs is 2. The molecule has 0 spiro atoms. The van der Waals surface area contributed by atoms with Gasteiger partial charge in [0.2, 0.25) is 0 Å². The maximum absolute atomic E-state index is 2.39. The predicted molar refractivity (Wildman–Crippen MR) is 85.7 cm³/mol. The van der Waals surface area contributed by atoms with Gasteiger partial charge in [-0.25, -0.2) is 0 Å². The van der Waals surface area contributed by atoms with Crippen LogP contribution in [0.15, 0.2) is 48.5 Å². The van der Waals surface area contributed by atoms with Crippen LogP contribution in [-0.4, -0.2) is 5.16 Å². The Morgan fingerprint density at radius 2 is 1.37 bits per heavy atom. The molecule has 1 atom stereocenters.